The van der Waals surface area contributed by atoms with Gasteiger partial charge in [-0.2, -0.15) is 4.98 Å². The maximum Gasteiger partial charge on any atom is 0.347 e. The van der Waals surface area contributed by atoms with Gasteiger partial charge < -0.3 is 34.9 Å². The number of aromatic nitrogens is 3. The zero-order chi connectivity index (χ0) is 50.2. The molecule has 4 N–H and O–H groups in total. The first-order valence-corrected chi connectivity index (χ1v) is 25.6. The van der Waals surface area contributed by atoms with Crippen molar-refractivity contribution in [2.45, 2.75) is 173 Å². The number of aliphatic hydroxyl groups excluding tert-OH is 1. The maximum atomic E-state index is 15.9. The number of esters is 2. The van der Waals surface area contributed by atoms with Crippen LogP contribution in [-0.2, 0) is 51.8 Å². The number of nitrogens with zero attached hydrogens (tertiary/aromatic N) is 4. The van der Waals surface area contributed by atoms with Gasteiger partial charge >= 0.3 is 17.6 Å². The van der Waals surface area contributed by atoms with E-state index >= 15 is 4.39 Å². The van der Waals surface area contributed by atoms with E-state index in [9.17, 15) is 33.4 Å². The molecule has 17 heteroatoms. The number of phenolic OH excluding ortho intramolecular Hbond substituents is 1. The van der Waals surface area contributed by atoms with Crippen molar-refractivity contribution >= 4 is 39.4 Å². The van der Waals surface area contributed by atoms with Crippen LogP contribution in [0, 0.1) is 24.0 Å². The fourth-order valence-corrected chi connectivity index (χ4v) is 10.3. The van der Waals surface area contributed by atoms with Crippen LogP contribution in [0.3, 0.4) is 0 Å². The number of fused-ring (bicyclic) bond motifs is 5. The van der Waals surface area contributed by atoms with Crippen molar-refractivity contribution in [1.82, 2.24) is 25.2 Å². The van der Waals surface area contributed by atoms with E-state index in [0.29, 0.717) is 61.1 Å². The fourth-order valence-electron chi connectivity index (χ4n) is 10.3. The van der Waals surface area contributed by atoms with Gasteiger partial charge in [0, 0.05) is 100.0 Å². The summed E-state index contributed by atoms with van der Waals surface area (Å²) >= 11 is 0. The summed E-state index contributed by atoms with van der Waals surface area (Å²) in [5.41, 5.74) is -0.597. The number of phenols is 1. The Hall–Kier alpha value is -4.14. The van der Waals surface area contributed by atoms with Crippen molar-refractivity contribution in [3.8, 4) is 29.4 Å². The summed E-state index contributed by atoms with van der Waals surface area (Å²) in [6, 6.07) is 5.94. The second kappa shape index (κ2) is 28.4. The number of nitrogens with one attached hydrogen (secondary N) is 2. The standard InChI is InChI=1S/C25H19F2N5O2.C21H40O5.C8H14FN.Y/c1-2-16-19(26)6-3-12-7-15(33)8-17(20(12)16)22-21(27)23-18(9-28-22)24(31-25(34)30-23)32-10-13-4-5-14(11-32)29-13;1-3-5-7-9-11-13-15-20(23)25-17-19(22)18-26-21(24)16-14-12-10-8-6-4-2;1-8-3-2-4-10(8)6-7(9)5-8;/h1,3,6-9,13-14,29,33H,4-5,10-11H2,(H,30,31,34);19,22H,3-18H2,1-2H3;7H,2-6H2,1H3;/t;;7-,8+;/m..1./s1. The number of benzene rings is 2. The molecule has 2 aromatic heterocycles. The number of anilines is 1. The number of aromatic amines is 1. The molecule has 0 saturated carbocycles. The Labute approximate surface area is 441 Å². The van der Waals surface area contributed by atoms with Crippen molar-refractivity contribution in [1.29, 1.82) is 0 Å². The van der Waals surface area contributed by atoms with E-state index in [-0.39, 0.29) is 96.9 Å². The number of rotatable bonds is 20. The van der Waals surface area contributed by atoms with E-state index in [4.69, 9.17) is 15.9 Å². The molecule has 71 heavy (non-hydrogen) atoms. The second-order valence-electron chi connectivity index (χ2n) is 19.7. The normalized spacial score (nSPS) is 20.2. The number of ether oxygens (including phenoxy) is 2. The number of aliphatic hydroxyl groups is 1. The molecule has 2 bridgehead atoms. The van der Waals surface area contributed by atoms with Gasteiger partial charge in [-0.1, -0.05) is 90.0 Å². The third-order valence-corrected chi connectivity index (χ3v) is 14.0. The number of hydrogen-bond acceptors (Lipinski definition) is 12. The maximum absolute atomic E-state index is 15.9. The molecular formula is C54H73F3N6O7Y. The Morgan fingerprint density at radius 3 is 2.13 bits per heavy atom. The first-order chi connectivity index (χ1) is 33.7. The van der Waals surface area contributed by atoms with Crippen molar-refractivity contribution in [3.63, 3.8) is 0 Å². The third kappa shape index (κ3) is 16.2. The summed E-state index contributed by atoms with van der Waals surface area (Å²) in [7, 11) is 0. The van der Waals surface area contributed by atoms with Crippen LogP contribution in [0.5, 0.6) is 5.75 Å². The van der Waals surface area contributed by atoms with Gasteiger partial charge in [-0.05, 0) is 82.0 Å². The number of H-pyrrole nitrogens is 1. The van der Waals surface area contributed by atoms with Crippen LogP contribution in [0.4, 0.5) is 19.0 Å². The minimum Gasteiger partial charge on any atom is -0.508 e. The minimum absolute atomic E-state index is 0. The van der Waals surface area contributed by atoms with Gasteiger partial charge in [0.2, 0.25) is 0 Å². The van der Waals surface area contributed by atoms with E-state index in [0.717, 1.165) is 64.3 Å². The molecule has 2 unspecified atom stereocenters. The van der Waals surface area contributed by atoms with Gasteiger partial charge in [0.25, 0.3) is 0 Å². The number of carbonyl (C=O) groups is 2. The summed E-state index contributed by atoms with van der Waals surface area (Å²) in [5.74, 6) is 0.500. The van der Waals surface area contributed by atoms with Crippen LogP contribution in [0.1, 0.15) is 148 Å². The van der Waals surface area contributed by atoms with Crippen molar-refractivity contribution < 1.29 is 75.2 Å². The zero-order valence-electron chi connectivity index (χ0n) is 41.9. The summed E-state index contributed by atoms with van der Waals surface area (Å²) in [5, 5.41) is 24.6. The van der Waals surface area contributed by atoms with Crippen molar-refractivity contribution in [2.75, 3.05) is 44.3 Å². The van der Waals surface area contributed by atoms with Crippen LogP contribution in [0.15, 0.2) is 35.3 Å². The Balaban J connectivity index is 0.000000224. The zero-order valence-corrected chi connectivity index (χ0v) is 44.7. The Bertz CT molecular complexity index is 2450. The molecule has 4 saturated heterocycles. The fraction of sp³-hybridized carbons (Fsp3) is 0.611. The molecular weight excluding hydrogens is 991 g/mol. The molecule has 4 aliphatic rings. The number of aromatic hydroxyl groups is 1. The van der Waals surface area contributed by atoms with Crippen molar-refractivity contribution in [3.05, 3.63) is 58.1 Å². The van der Waals surface area contributed by atoms with Gasteiger partial charge in [0.05, 0.1) is 16.5 Å². The van der Waals surface area contributed by atoms with Gasteiger partial charge in [0.1, 0.15) is 48.6 Å². The monoisotopic (exact) mass is 1060 g/mol. The average Bonchev–Trinajstić information content (AvgIpc) is 3.97. The molecule has 1 radical (unpaired) electrons. The molecule has 385 valence electrons. The van der Waals surface area contributed by atoms with Crippen LogP contribution in [0.25, 0.3) is 32.9 Å². The molecule has 4 aliphatic heterocycles. The number of carbonyl (C=O) groups excluding carboxylic acids is 2. The predicted octanol–water partition coefficient (Wildman–Crippen LogP) is 9.56. The van der Waals surface area contributed by atoms with E-state index in [1.54, 1.807) is 0 Å². The SMILES string of the molecule is C#Cc1c(F)ccc2cc(O)cc(-c3ncc4c(N5CC6CCC(C5)N6)nc(=O)[nH]c4c3F)c12.CCCCCCCCC(=O)OCC(O)COC(=O)CCCCCCCC.C[C@@]12CCCN1C[C@H](F)C2.[Y]. The van der Waals surface area contributed by atoms with E-state index < -0.39 is 29.6 Å². The number of pyridine rings is 1. The van der Waals surface area contributed by atoms with Gasteiger partial charge in [-0.15, -0.1) is 6.42 Å². The number of unbranched alkanes of at least 4 members (excludes halogenated alkanes) is 10. The second-order valence-corrected chi connectivity index (χ2v) is 19.7. The quantitative estimate of drug-likeness (QED) is 0.0376. The molecule has 0 spiro atoms. The first kappa shape index (κ1) is 57.8. The third-order valence-electron chi connectivity index (χ3n) is 14.0. The summed E-state index contributed by atoms with van der Waals surface area (Å²) in [6.45, 7) is 9.45. The predicted molar refractivity (Wildman–Crippen MR) is 267 cm³/mol. The van der Waals surface area contributed by atoms with Crippen LogP contribution in [-0.4, -0.2) is 111 Å². The molecule has 4 aromatic rings. The Morgan fingerprint density at radius 1 is 0.930 bits per heavy atom. The molecule has 4 fully saturated rings. The number of terminal acetylenes is 1. The van der Waals surface area contributed by atoms with Crippen molar-refractivity contribution in [2.24, 2.45) is 0 Å². The number of hydrogen-bond donors (Lipinski definition) is 4. The first-order valence-electron chi connectivity index (χ1n) is 25.6. The molecule has 8 rings (SSSR count). The summed E-state index contributed by atoms with van der Waals surface area (Å²) < 4.78 is 53.3. The van der Waals surface area contributed by atoms with Gasteiger partial charge in [-0.3, -0.25) is 19.5 Å². The van der Waals surface area contributed by atoms with Crippen LogP contribution in [0.2, 0.25) is 0 Å². The summed E-state index contributed by atoms with van der Waals surface area (Å²) in [4.78, 5) is 50.8. The van der Waals surface area contributed by atoms with Crippen LogP contribution < -0.4 is 15.9 Å². The topological polar surface area (TPSA) is 170 Å². The Kier molecular flexibility index (Phi) is 23.1. The molecule has 0 aliphatic carbocycles. The van der Waals surface area contributed by atoms with E-state index in [1.807, 2.05) is 4.90 Å². The van der Waals surface area contributed by atoms with E-state index in [2.05, 4.69) is 51.9 Å². The number of alkyl halides is 1. The van der Waals surface area contributed by atoms with E-state index in [1.165, 1.54) is 81.8 Å². The molecule has 13 nitrogen and oxygen atoms in total. The van der Waals surface area contributed by atoms with Crippen LogP contribution >= 0.6 is 0 Å². The van der Waals surface area contributed by atoms with Gasteiger partial charge in [0.15, 0.2) is 5.82 Å². The summed E-state index contributed by atoms with van der Waals surface area (Å²) in [6.07, 6.45) is 25.0. The Morgan fingerprint density at radius 2 is 1.54 bits per heavy atom. The smallest absolute Gasteiger partial charge is 0.347 e. The number of piperazine rings is 1. The molecule has 2 aromatic carbocycles. The van der Waals surface area contributed by atoms with Gasteiger partial charge in [-0.25, -0.2) is 18.0 Å². The average molecular weight is 1060 g/mol. The largest absolute Gasteiger partial charge is 0.508 e. The molecule has 0 amide bonds. The minimum atomic E-state index is -0.947. The molecule has 6 heterocycles. The number of halogens is 3. The molecule has 4 atom stereocenters.